The Balaban J connectivity index is 1.83. The molecule has 0 atom stereocenters. The molecule has 0 fully saturated rings. The van der Waals surface area contributed by atoms with Gasteiger partial charge in [-0.3, -0.25) is 9.36 Å². The summed E-state index contributed by atoms with van der Waals surface area (Å²) in [5, 5.41) is 9.77. The predicted molar refractivity (Wildman–Crippen MR) is 106 cm³/mol. The first-order valence-corrected chi connectivity index (χ1v) is 10.2. The van der Waals surface area contributed by atoms with Crippen LogP contribution in [0.5, 0.6) is 5.75 Å². The number of phenols is 1. The first-order chi connectivity index (χ1) is 13.8. The SMILES string of the molecule is O=c1c2scnc2nc(SCc2c(F)cc(F)cc2F)n1-c1ccc(O)c(Cl)c1. The summed E-state index contributed by atoms with van der Waals surface area (Å²) in [7, 11) is 0. The molecule has 5 nitrogen and oxygen atoms in total. The molecule has 4 aromatic rings. The third-order valence-corrected chi connectivity index (χ3v) is 6.05. The average Bonchev–Trinajstić information content (AvgIpc) is 3.12. The van der Waals surface area contributed by atoms with Crippen LogP contribution >= 0.6 is 34.7 Å². The number of hydrogen-bond acceptors (Lipinski definition) is 6. The fourth-order valence-corrected chi connectivity index (χ4v) is 4.45. The Labute approximate surface area is 174 Å². The van der Waals surface area contributed by atoms with Crippen LogP contribution in [0.4, 0.5) is 13.2 Å². The Morgan fingerprint density at radius 2 is 1.90 bits per heavy atom. The Morgan fingerprint density at radius 3 is 2.59 bits per heavy atom. The van der Waals surface area contributed by atoms with E-state index in [0.717, 1.165) is 23.1 Å². The van der Waals surface area contributed by atoms with Crippen LogP contribution in [0.2, 0.25) is 5.02 Å². The van der Waals surface area contributed by atoms with Gasteiger partial charge >= 0.3 is 0 Å². The van der Waals surface area contributed by atoms with Crippen LogP contribution in [0.1, 0.15) is 5.56 Å². The maximum Gasteiger partial charge on any atom is 0.278 e. The summed E-state index contributed by atoms with van der Waals surface area (Å²) in [5.41, 5.74) is 1.17. The first kappa shape index (κ1) is 19.7. The molecule has 148 valence electrons. The standard InChI is InChI=1S/C18H9ClF3N3O2S2/c19-11-5-9(1-2-14(11)26)25-17(27)15-16(23-7-29-15)24-18(25)28-6-10-12(21)3-8(20)4-13(10)22/h1-5,7,26H,6H2. The largest absolute Gasteiger partial charge is 0.506 e. The molecule has 2 heterocycles. The van der Waals surface area contributed by atoms with Gasteiger partial charge < -0.3 is 5.11 Å². The molecule has 0 saturated carbocycles. The van der Waals surface area contributed by atoms with Crippen LogP contribution in [0, 0.1) is 17.5 Å². The van der Waals surface area contributed by atoms with Crippen molar-refractivity contribution < 1.29 is 18.3 Å². The summed E-state index contributed by atoms with van der Waals surface area (Å²) in [6.07, 6.45) is 0. The maximum atomic E-state index is 14.0. The van der Waals surface area contributed by atoms with Gasteiger partial charge in [-0.1, -0.05) is 23.4 Å². The van der Waals surface area contributed by atoms with Gasteiger partial charge in [-0.25, -0.2) is 23.1 Å². The van der Waals surface area contributed by atoms with Crippen molar-refractivity contribution in [1.82, 2.24) is 14.5 Å². The number of thioether (sulfide) groups is 1. The Kier molecular flexibility index (Phi) is 5.24. The number of thiazole rings is 1. The van der Waals surface area contributed by atoms with Crippen LogP contribution in [0.3, 0.4) is 0 Å². The van der Waals surface area contributed by atoms with Crippen LogP contribution in [0.25, 0.3) is 16.0 Å². The molecule has 0 aliphatic carbocycles. The molecule has 4 rings (SSSR count). The number of nitrogens with zero attached hydrogens (tertiary/aromatic N) is 3. The molecule has 0 unspecified atom stereocenters. The highest BCUT2D eigenvalue weighted by Gasteiger charge is 2.18. The van der Waals surface area contributed by atoms with Gasteiger partial charge in [0.1, 0.15) is 27.9 Å². The number of phenolic OH excluding ortho intramolecular Hbond substituents is 1. The van der Waals surface area contributed by atoms with E-state index < -0.39 is 23.0 Å². The van der Waals surface area contributed by atoms with Gasteiger partial charge in [0.05, 0.1) is 16.2 Å². The molecule has 0 amide bonds. The highest BCUT2D eigenvalue weighted by molar-refractivity contribution is 7.98. The van der Waals surface area contributed by atoms with Crippen molar-refractivity contribution in [3.05, 3.63) is 74.2 Å². The smallest absolute Gasteiger partial charge is 0.278 e. The Bertz CT molecular complexity index is 1290. The minimum absolute atomic E-state index is 0.0189. The molecule has 0 aliphatic rings. The lowest BCUT2D eigenvalue weighted by Crippen LogP contribution is -2.21. The van der Waals surface area contributed by atoms with E-state index >= 15 is 0 Å². The molecule has 2 aromatic heterocycles. The predicted octanol–water partition coefficient (Wildman–Crippen LogP) is 4.91. The Morgan fingerprint density at radius 1 is 1.17 bits per heavy atom. The number of rotatable bonds is 4. The third-order valence-electron chi connectivity index (χ3n) is 3.98. The molecule has 11 heteroatoms. The van der Waals surface area contributed by atoms with E-state index in [4.69, 9.17) is 11.6 Å². The van der Waals surface area contributed by atoms with Gasteiger partial charge in [0.15, 0.2) is 10.8 Å². The van der Waals surface area contributed by atoms with Gasteiger partial charge in [0, 0.05) is 23.4 Å². The van der Waals surface area contributed by atoms with Gasteiger partial charge in [-0.05, 0) is 18.2 Å². The van der Waals surface area contributed by atoms with Gasteiger partial charge in [-0.2, -0.15) is 0 Å². The normalized spacial score (nSPS) is 11.3. The highest BCUT2D eigenvalue weighted by Crippen LogP contribution is 2.30. The monoisotopic (exact) mass is 455 g/mol. The second-order valence-corrected chi connectivity index (χ2v) is 8.02. The van der Waals surface area contributed by atoms with E-state index in [0.29, 0.717) is 17.8 Å². The average molecular weight is 456 g/mol. The Hall–Kier alpha value is -2.56. The van der Waals surface area contributed by atoms with Crippen molar-refractivity contribution in [2.24, 2.45) is 0 Å². The lowest BCUT2D eigenvalue weighted by molar-refractivity contribution is 0.475. The van der Waals surface area contributed by atoms with Crippen molar-refractivity contribution >= 4 is 45.0 Å². The topological polar surface area (TPSA) is 68.0 Å². The second kappa shape index (κ2) is 7.69. The quantitative estimate of drug-likeness (QED) is 0.350. The fourth-order valence-electron chi connectivity index (χ4n) is 2.60. The molecule has 1 N–H and O–H groups in total. The number of aromatic nitrogens is 3. The van der Waals surface area contributed by atoms with Gasteiger partial charge in [0.25, 0.3) is 5.56 Å². The minimum Gasteiger partial charge on any atom is -0.506 e. The molecule has 0 radical (unpaired) electrons. The molecule has 0 aliphatic heterocycles. The second-order valence-electron chi connectivity index (χ2n) is 5.81. The van der Waals surface area contributed by atoms with Gasteiger partial charge in [-0.15, -0.1) is 11.3 Å². The molecular formula is C18H9ClF3N3O2S2. The number of benzene rings is 2. The van der Waals surface area contributed by atoms with E-state index in [1.807, 2.05) is 0 Å². The van der Waals surface area contributed by atoms with Crippen molar-refractivity contribution in [2.45, 2.75) is 10.9 Å². The summed E-state index contributed by atoms with van der Waals surface area (Å²) in [6.45, 7) is 0. The van der Waals surface area contributed by atoms with E-state index in [9.17, 15) is 23.1 Å². The van der Waals surface area contributed by atoms with Crippen molar-refractivity contribution in [1.29, 1.82) is 0 Å². The zero-order valence-corrected chi connectivity index (χ0v) is 16.6. The van der Waals surface area contributed by atoms with Gasteiger partial charge in [0.2, 0.25) is 0 Å². The lowest BCUT2D eigenvalue weighted by Gasteiger charge is -2.13. The molecule has 0 bridgehead atoms. The van der Waals surface area contributed by atoms with Crippen LogP contribution in [0.15, 0.2) is 45.8 Å². The summed E-state index contributed by atoms with van der Waals surface area (Å²) < 4.78 is 42.6. The molecule has 2 aromatic carbocycles. The van der Waals surface area contributed by atoms with E-state index in [2.05, 4.69) is 9.97 Å². The summed E-state index contributed by atoms with van der Waals surface area (Å²) in [4.78, 5) is 21.3. The summed E-state index contributed by atoms with van der Waals surface area (Å²) >= 11 is 7.94. The summed E-state index contributed by atoms with van der Waals surface area (Å²) in [6, 6.07) is 5.32. The van der Waals surface area contributed by atoms with E-state index in [1.165, 1.54) is 28.3 Å². The third kappa shape index (κ3) is 3.70. The zero-order valence-electron chi connectivity index (χ0n) is 14.2. The number of fused-ring (bicyclic) bond motifs is 1. The van der Waals surface area contributed by atoms with E-state index in [1.54, 1.807) is 0 Å². The fraction of sp³-hybridized carbons (Fsp3) is 0.0556. The van der Waals surface area contributed by atoms with Crippen molar-refractivity contribution in [3.8, 4) is 11.4 Å². The zero-order chi connectivity index (χ0) is 20.7. The van der Waals surface area contributed by atoms with Crippen LogP contribution < -0.4 is 5.56 Å². The highest BCUT2D eigenvalue weighted by atomic mass is 35.5. The van der Waals surface area contributed by atoms with Crippen molar-refractivity contribution in [2.75, 3.05) is 0 Å². The number of hydrogen-bond donors (Lipinski definition) is 1. The maximum absolute atomic E-state index is 14.0. The minimum atomic E-state index is -1.04. The number of halogens is 4. The van der Waals surface area contributed by atoms with Crippen molar-refractivity contribution in [3.63, 3.8) is 0 Å². The lowest BCUT2D eigenvalue weighted by atomic mass is 10.2. The summed E-state index contributed by atoms with van der Waals surface area (Å²) in [5.74, 6) is -3.50. The molecule has 29 heavy (non-hydrogen) atoms. The molecule has 0 spiro atoms. The number of aromatic hydroxyl groups is 1. The molecule has 0 saturated heterocycles. The van der Waals surface area contributed by atoms with Crippen LogP contribution in [-0.4, -0.2) is 19.6 Å². The van der Waals surface area contributed by atoms with E-state index in [-0.39, 0.29) is 37.6 Å². The van der Waals surface area contributed by atoms with Crippen LogP contribution in [-0.2, 0) is 5.75 Å². The first-order valence-electron chi connectivity index (χ1n) is 7.96. The molecular weight excluding hydrogens is 447 g/mol.